The van der Waals surface area contributed by atoms with Gasteiger partial charge in [0.2, 0.25) is 5.82 Å². The standard InChI is InChI=1S/C31H18Cl3F5N4O6/c1-49-17-10-12(9-15(32)25(17)44)18-14-7-8-40-28(47)41(13-5-3-2-4-6-13)29(48)43(40)16(14)11-30(33)26(45)42(27(46)31(18,30)34)24-22(38)20(36)19(35)21(37)23(24)39/h2-7,9-10,16,18,44H,8,11H2,1H3/t16-,18+,30-,31+/m1/s1. The van der Waals surface area contributed by atoms with E-state index in [2.05, 4.69) is 0 Å². The smallest absolute Gasteiger partial charge is 0.352 e. The van der Waals surface area contributed by atoms with Crippen LogP contribution in [-0.4, -0.2) is 47.7 Å². The molecule has 1 aliphatic carbocycles. The molecule has 2 fully saturated rings. The molecule has 1 aromatic heterocycles. The maximum absolute atomic E-state index is 15.2. The van der Waals surface area contributed by atoms with Crippen LogP contribution in [0, 0.1) is 29.1 Å². The topological polar surface area (TPSA) is 116 Å². The number of fused-ring (bicyclic) bond motifs is 4. The second-order valence-corrected chi connectivity index (χ2v) is 13.1. The largest absolute Gasteiger partial charge is 0.503 e. The van der Waals surface area contributed by atoms with E-state index in [1.807, 2.05) is 0 Å². The minimum atomic E-state index is -2.80. The number of phenols is 1. The van der Waals surface area contributed by atoms with Gasteiger partial charge in [0, 0.05) is 12.3 Å². The maximum Gasteiger partial charge on any atom is 0.352 e. The van der Waals surface area contributed by atoms with Crippen molar-refractivity contribution < 1.29 is 41.4 Å². The fourth-order valence-electron chi connectivity index (χ4n) is 6.92. The number of anilines is 1. The molecule has 1 saturated heterocycles. The number of carbonyl (C=O) groups excluding carboxylic acids is 2. The fourth-order valence-corrected chi connectivity index (χ4v) is 8.05. The molecule has 3 aliphatic rings. The molecule has 2 aliphatic heterocycles. The molecule has 3 heterocycles. The van der Waals surface area contributed by atoms with Gasteiger partial charge in [-0.3, -0.25) is 9.59 Å². The first kappa shape index (κ1) is 32.9. The zero-order valence-corrected chi connectivity index (χ0v) is 26.8. The highest BCUT2D eigenvalue weighted by molar-refractivity contribution is 6.58. The van der Waals surface area contributed by atoms with Crippen molar-refractivity contribution in [3.05, 3.63) is 115 Å². The number of imide groups is 1. The zero-order valence-electron chi connectivity index (χ0n) is 24.5. The van der Waals surface area contributed by atoms with Gasteiger partial charge >= 0.3 is 11.4 Å². The molecular formula is C31H18Cl3F5N4O6. The lowest BCUT2D eigenvalue weighted by molar-refractivity contribution is -0.122. The van der Waals surface area contributed by atoms with E-state index >= 15 is 8.78 Å². The van der Waals surface area contributed by atoms with Crippen molar-refractivity contribution in [2.75, 3.05) is 12.0 Å². The summed E-state index contributed by atoms with van der Waals surface area (Å²) in [4.78, 5) is 50.2. The lowest BCUT2D eigenvalue weighted by atomic mass is 9.64. The van der Waals surface area contributed by atoms with Crippen LogP contribution in [0.3, 0.4) is 0 Å². The molecule has 4 aromatic rings. The first-order valence-electron chi connectivity index (χ1n) is 14.2. The fraction of sp³-hybridized carbons (Fsp3) is 0.226. The third-order valence-corrected chi connectivity index (χ3v) is 10.8. The van der Waals surface area contributed by atoms with Crippen LogP contribution >= 0.6 is 34.8 Å². The van der Waals surface area contributed by atoms with Gasteiger partial charge in [-0.25, -0.2) is 50.4 Å². The Kier molecular flexibility index (Phi) is 7.36. The van der Waals surface area contributed by atoms with Gasteiger partial charge in [-0.15, -0.1) is 23.2 Å². The third kappa shape index (κ3) is 4.12. The van der Waals surface area contributed by atoms with Crippen LogP contribution in [0.2, 0.25) is 5.02 Å². The molecule has 1 saturated carbocycles. The molecule has 0 spiro atoms. The summed E-state index contributed by atoms with van der Waals surface area (Å²) in [7, 11) is 1.17. The molecule has 10 nitrogen and oxygen atoms in total. The zero-order chi connectivity index (χ0) is 35.5. The highest BCUT2D eigenvalue weighted by Crippen LogP contribution is 2.64. The quantitative estimate of drug-likeness (QED) is 0.0781. The van der Waals surface area contributed by atoms with Crippen LogP contribution in [0.1, 0.15) is 23.9 Å². The van der Waals surface area contributed by atoms with Crippen LogP contribution in [0.25, 0.3) is 5.69 Å². The normalized spacial score (nSPS) is 24.4. The Bertz CT molecular complexity index is 2280. The average molecular weight is 744 g/mol. The van der Waals surface area contributed by atoms with Gasteiger partial charge in [0.15, 0.2) is 44.5 Å². The van der Waals surface area contributed by atoms with Crippen molar-refractivity contribution in [3.63, 3.8) is 0 Å². The summed E-state index contributed by atoms with van der Waals surface area (Å²) in [5.74, 6) is -18.2. The first-order chi connectivity index (χ1) is 23.1. The number of allylic oxidation sites excluding steroid dienone is 2. The van der Waals surface area contributed by atoms with Gasteiger partial charge in [-0.05, 0) is 35.4 Å². The number of phenolic OH excluding ortho intramolecular Hbond substituents is 1. The van der Waals surface area contributed by atoms with Gasteiger partial charge in [-0.1, -0.05) is 35.9 Å². The average Bonchev–Trinajstić information content (AvgIpc) is 3.42. The number of methoxy groups -OCH3 is 1. The molecule has 0 radical (unpaired) electrons. The van der Waals surface area contributed by atoms with Crippen LogP contribution in [0.15, 0.2) is 63.7 Å². The van der Waals surface area contributed by atoms with Gasteiger partial charge in [0.05, 0.1) is 30.4 Å². The molecule has 2 amide bonds. The predicted octanol–water partition coefficient (Wildman–Crippen LogP) is 5.06. The molecule has 49 heavy (non-hydrogen) atoms. The molecule has 3 aromatic carbocycles. The van der Waals surface area contributed by atoms with Crippen molar-refractivity contribution in [1.82, 2.24) is 13.9 Å². The molecule has 7 rings (SSSR count). The summed E-state index contributed by atoms with van der Waals surface area (Å²) in [5, 5.41) is 10.1. The van der Waals surface area contributed by atoms with E-state index in [-0.39, 0.29) is 39.0 Å². The lowest BCUT2D eigenvalue weighted by Gasteiger charge is -2.49. The van der Waals surface area contributed by atoms with Gasteiger partial charge in [-0.2, -0.15) is 0 Å². The number of aromatic nitrogens is 3. The Balaban J connectivity index is 1.52. The lowest BCUT2D eigenvalue weighted by Crippen LogP contribution is -2.59. The van der Waals surface area contributed by atoms with Crippen LogP contribution < -0.4 is 21.0 Å². The van der Waals surface area contributed by atoms with E-state index in [1.165, 1.54) is 31.4 Å². The summed E-state index contributed by atoms with van der Waals surface area (Å²) in [5.41, 5.74) is -3.39. The highest BCUT2D eigenvalue weighted by atomic mass is 35.5. The van der Waals surface area contributed by atoms with Crippen LogP contribution in [0.5, 0.6) is 11.5 Å². The summed E-state index contributed by atoms with van der Waals surface area (Å²) in [6.07, 6.45) is 0.649. The minimum absolute atomic E-state index is 0.0672. The summed E-state index contributed by atoms with van der Waals surface area (Å²) in [6, 6.07) is 8.75. The molecule has 254 valence electrons. The Morgan fingerprint density at radius 3 is 2.10 bits per heavy atom. The van der Waals surface area contributed by atoms with E-state index in [0.717, 1.165) is 20.0 Å². The molecule has 1 N–H and O–H groups in total. The number of ether oxygens (including phenoxy) is 1. The van der Waals surface area contributed by atoms with Crippen molar-refractivity contribution in [2.24, 2.45) is 0 Å². The van der Waals surface area contributed by atoms with E-state index in [4.69, 9.17) is 39.5 Å². The van der Waals surface area contributed by atoms with Crippen molar-refractivity contribution in [1.29, 1.82) is 0 Å². The van der Waals surface area contributed by atoms with E-state index in [1.54, 1.807) is 18.2 Å². The Morgan fingerprint density at radius 2 is 1.49 bits per heavy atom. The maximum atomic E-state index is 15.2. The van der Waals surface area contributed by atoms with Crippen molar-refractivity contribution in [3.8, 4) is 17.2 Å². The van der Waals surface area contributed by atoms with Crippen LogP contribution in [-0.2, 0) is 16.1 Å². The number of para-hydroxylation sites is 1. The molecule has 0 unspecified atom stereocenters. The molecule has 4 atom stereocenters. The second-order valence-electron chi connectivity index (χ2n) is 11.5. The number of hydrogen-bond donors (Lipinski definition) is 1. The minimum Gasteiger partial charge on any atom is -0.503 e. The summed E-state index contributed by atoms with van der Waals surface area (Å²) < 4.78 is 81.2. The monoisotopic (exact) mass is 742 g/mol. The van der Waals surface area contributed by atoms with E-state index < -0.39 is 91.8 Å². The van der Waals surface area contributed by atoms with Gasteiger partial charge < -0.3 is 9.84 Å². The number of benzene rings is 3. The number of rotatable bonds is 4. The number of alkyl halides is 2. The van der Waals surface area contributed by atoms with Crippen molar-refractivity contribution >= 4 is 52.3 Å². The number of carbonyl (C=O) groups is 2. The van der Waals surface area contributed by atoms with Crippen molar-refractivity contribution in [2.45, 2.75) is 34.7 Å². The van der Waals surface area contributed by atoms with Crippen LogP contribution in [0.4, 0.5) is 27.6 Å². The second kappa shape index (κ2) is 11.0. The predicted molar refractivity (Wildman–Crippen MR) is 164 cm³/mol. The molecule has 0 bridgehead atoms. The Hall–Kier alpha value is -4.60. The molecular weight excluding hydrogens is 726 g/mol. The summed E-state index contributed by atoms with van der Waals surface area (Å²) >= 11 is 20.4. The third-order valence-electron chi connectivity index (χ3n) is 9.11. The number of aromatic hydroxyl groups is 1. The Labute approximate surface area is 285 Å². The van der Waals surface area contributed by atoms with Gasteiger partial charge in [0.1, 0.15) is 5.69 Å². The first-order valence-corrected chi connectivity index (χ1v) is 15.3. The van der Waals surface area contributed by atoms with E-state index in [9.17, 15) is 37.5 Å². The highest BCUT2D eigenvalue weighted by Gasteiger charge is 2.76. The SMILES string of the molecule is COc1cc([C@H]2C3=CCn4c(=O)n(-c5ccccc5)c(=O)n4[C@@H]3C[C@@]3(Cl)C(=O)N(c4c(F)c(F)c(F)c(F)c4F)C(=O)[C@@]23Cl)cc(Cl)c1O. The molecule has 18 heteroatoms. The van der Waals surface area contributed by atoms with E-state index in [0.29, 0.717) is 0 Å². The Morgan fingerprint density at radius 1 is 0.878 bits per heavy atom. The number of amides is 2. The number of nitrogens with zero attached hydrogens (tertiary/aromatic N) is 4. The number of halogens is 8. The number of hydrogen-bond acceptors (Lipinski definition) is 6. The summed E-state index contributed by atoms with van der Waals surface area (Å²) in [6.45, 7) is -0.287. The van der Waals surface area contributed by atoms with Gasteiger partial charge in [0.25, 0.3) is 11.8 Å².